The molecule has 15 aromatic carbocycles. The summed E-state index contributed by atoms with van der Waals surface area (Å²) in [6, 6.07) is 112. The highest BCUT2D eigenvalue weighted by molar-refractivity contribution is 5.89. The molecule has 0 aliphatic carbocycles. The minimum atomic E-state index is -0.386. The lowest BCUT2D eigenvalue weighted by atomic mass is 9.96. The SMILES string of the molecule is CN(c1ccccc1)c1c(F)cc(-c2ccccc2)cc1-c1ccccc1.CN(c1ccccc1)c1ccc(F)cc1.CN(c1ccccc1-c1ccccc1)c1ccccc1-c1ccccc1.[2H]c1c([2H])c([2H])c(N(C)c2ccccc2)c([2H])c1[2H].[2H]c1c([2H])c([2H])c(N(C)c2ccccc2-c2ccccc2)c([2H])c1[2H]. The van der Waals surface area contributed by atoms with E-state index in [0.717, 1.165) is 61.8 Å². The van der Waals surface area contributed by atoms with Crippen molar-refractivity contribution in [3.63, 3.8) is 0 Å². The van der Waals surface area contributed by atoms with E-state index in [4.69, 9.17) is 13.7 Å². The fourth-order valence-corrected chi connectivity index (χ4v) is 11.6. The second-order valence-corrected chi connectivity index (χ2v) is 23.5. The molecule has 0 heterocycles. The van der Waals surface area contributed by atoms with Gasteiger partial charge >= 0.3 is 0 Å². The van der Waals surface area contributed by atoms with Crippen molar-refractivity contribution >= 4 is 56.9 Å². The molecule has 15 aromatic rings. The van der Waals surface area contributed by atoms with E-state index >= 15 is 4.39 Å². The van der Waals surface area contributed by atoms with Gasteiger partial charge < -0.3 is 24.5 Å². The van der Waals surface area contributed by atoms with Gasteiger partial charge in [0.2, 0.25) is 0 Å². The van der Waals surface area contributed by atoms with Gasteiger partial charge in [-0.25, -0.2) is 8.78 Å². The Morgan fingerprint density at radius 1 is 0.216 bits per heavy atom. The van der Waals surface area contributed by atoms with E-state index in [1.165, 1.54) is 45.8 Å². The highest BCUT2D eigenvalue weighted by atomic mass is 19.1. The molecule has 0 aliphatic heterocycles. The van der Waals surface area contributed by atoms with Crippen LogP contribution in [0.5, 0.6) is 0 Å². The zero-order valence-corrected chi connectivity index (χ0v) is 57.5. The molecule has 7 heteroatoms. The third kappa shape index (κ3) is 18.7. The smallest absolute Gasteiger partial charge is 0.148 e. The summed E-state index contributed by atoms with van der Waals surface area (Å²) in [4.78, 5) is 9.46. The van der Waals surface area contributed by atoms with Crippen LogP contribution in [0.15, 0.2) is 412 Å². The van der Waals surface area contributed by atoms with Crippen LogP contribution in [0.3, 0.4) is 0 Å². The Labute approximate surface area is 615 Å². The lowest BCUT2D eigenvalue weighted by Gasteiger charge is -2.25. The summed E-state index contributed by atoms with van der Waals surface area (Å²) in [7, 11) is 9.41. The largest absolute Gasteiger partial charge is 0.345 e. The zero-order chi connectivity index (χ0) is 79.4. The van der Waals surface area contributed by atoms with E-state index in [0.29, 0.717) is 5.69 Å². The summed E-state index contributed by atoms with van der Waals surface area (Å²) in [5.74, 6) is -0.443. The van der Waals surface area contributed by atoms with Crippen LogP contribution in [0.1, 0.15) is 13.7 Å². The number of nitrogens with zero attached hydrogens (tertiary/aromatic N) is 5. The Balaban J connectivity index is 0.000000140. The highest BCUT2D eigenvalue weighted by Crippen LogP contribution is 2.42. The maximum atomic E-state index is 15.4. The standard InChI is InChI=1S/C25H20FN.C25H21N.C19H17N.C13H12FN.C13H13N/c1-27(22-15-9-4-10-16-22)25-23(20-13-7-3-8-14-20)17-21(18-24(25)26)19-11-5-2-6-12-19;1-26(24-18-10-8-16-22(24)20-12-4-2-5-13-20)25-19-11-9-17-23(25)21-14-6-3-7-15-21;1-20(17-12-6-3-7-13-17)19-15-9-8-14-18(19)16-10-4-2-5-11-16;1-15(12-5-3-2-4-6-12)13-9-7-11(14)8-10-13;1-14(12-8-4-2-5-9-12)13-10-6-3-7-11-13/h2-18H,1H3;2-19H,1H3;2-15H,1H3;2-10H,1H3;2-11H,1H3/i;;3D,6D,7D,12D,13D;;2D,4D,5D,8D,9D. The van der Waals surface area contributed by atoms with Crippen LogP contribution in [0.4, 0.5) is 65.7 Å². The number of halogens is 2. The zero-order valence-electron chi connectivity index (χ0n) is 67.5. The van der Waals surface area contributed by atoms with E-state index < -0.39 is 0 Å². The first-order valence-electron chi connectivity index (χ1n) is 38.3. The molecule has 0 radical (unpaired) electrons. The minimum absolute atomic E-state index is 0.161. The van der Waals surface area contributed by atoms with Crippen molar-refractivity contribution in [2.24, 2.45) is 0 Å². The monoisotopic (exact) mass is 1340 g/mol. The van der Waals surface area contributed by atoms with Gasteiger partial charge in [0.15, 0.2) is 0 Å². The van der Waals surface area contributed by atoms with Gasteiger partial charge in [-0.05, 0) is 149 Å². The number of benzene rings is 15. The lowest BCUT2D eigenvalue weighted by molar-refractivity contribution is 0.627. The molecule has 0 spiro atoms. The second kappa shape index (κ2) is 36.1. The first kappa shape index (κ1) is 58.2. The molecule has 102 heavy (non-hydrogen) atoms. The number of hydrogen-bond acceptors (Lipinski definition) is 5. The molecular formula is C95H83F2N5. The minimum Gasteiger partial charge on any atom is -0.345 e. The van der Waals surface area contributed by atoms with Crippen molar-refractivity contribution in [1.82, 2.24) is 0 Å². The highest BCUT2D eigenvalue weighted by Gasteiger charge is 2.20. The molecule has 15 rings (SSSR count). The summed E-state index contributed by atoms with van der Waals surface area (Å²) in [6.07, 6.45) is 0. The van der Waals surface area contributed by atoms with Crippen molar-refractivity contribution in [3.8, 4) is 55.6 Å². The summed E-state index contributed by atoms with van der Waals surface area (Å²) in [6.45, 7) is 0. The van der Waals surface area contributed by atoms with Gasteiger partial charge in [-0.2, -0.15) is 0 Å². The van der Waals surface area contributed by atoms with Crippen molar-refractivity contribution in [2.75, 3.05) is 59.7 Å². The average Bonchev–Trinajstić information content (AvgIpc) is 0.751. The summed E-state index contributed by atoms with van der Waals surface area (Å²) in [5, 5.41) is 0. The van der Waals surface area contributed by atoms with E-state index in [9.17, 15) is 4.39 Å². The number of anilines is 10. The molecule has 5 nitrogen and oxygen atoms in total. The Bertz CT molecular complexity index is 5430. The van der Waals surface area contributed by atoms with E-state index in [-0.39, 0.29) is 83.4 Å². The summed E-state index contributed by atoms with van der Waals surface area (Å²) >= 11 is 0. The van der Waals surface area contributed by atoms with E-state index in [2.05, 4.69) is 127 Å². The quantitative estimate of drug-likeness (QED) is 0.101. The molecule has 0 aromatic heterocycles. The van der Waals surface area contributed by atoms with Gasteiger partial charge in [0.25, 0.3) is 0 Å². The van der Waals surface area contributed by atoms with Crippen molar-refractivity contribution in [2.45, 2.75) is 0 Å². The topological polar surface area (TPSA) is 16.2 Å². The predicted octanol–water partition coefficient (Wildman–Crippen LogP) is 25.9. The van der Waals surface area contributed by atoms with Gasteiger partial charge in [-0.3, -0.25) is 0 Å². The van der Waals surface area contributed by atoms with Gasteiger partial charge in [-0.15, -0.1) is 0 Å². The maximum absolute atomic E-state index is 15.4. The van der Waals surface area contributed by atoms with Crippen LogP contribution < -0.4 is 24.5 Å². The van der Waals surface area contributed by atoms with E-state index in [1.54, 1.807) is 42.1 Å². The molecule has 502 valence electrons. The normalized spacial score (nSPS) is 11.7. The summed E-state index contributed by atoms with van der Waals surface area (Å²) < 4.78 is 107. The Morgan fingerprint density at radius 2 is 0.490 bits per heavy atom. The van der Waals surface area contributed by atoms with Crippen LogP contribution in [0, 0.1) is 11.6 Å². The second-order valence-electron chi connectivity index (χ2n) is 23.5. The average molecular weight is 1340 g/mol. The van der Waals surface area contributed by atoms with Gasteiger partial charge in [0, 0.05) is 109 Å². The first-order chi connectivity index (χ1) is 54.2. The van der Waals surface area contributed by atoms with Crippen molar-refractivity contribution < 1.29 is 22.5 Å². The molecule has 0 saturated heterocycles. The molecule has 0 saturated carbocycles. The molecule has 0 amide bonds. The fraction of sp³-hybridized carbons (Fsp3) is 0.0526. The third-order valence-electron chi connectivity index (χ3n) is 16.9. The van der Waals surface area contributed by atoms with Crippen molar-refractivity contribution in [3.05, 3.63) is 424 Å². The third-order valence-corrected chi connectivity index (χ3v) is 16.9. The van der Waals surface area contributed by atoms with E-state index in [1.807, 2.05) is 230 Å². The van der Waals surface area contributed by atoms with Crippen LogP contribution in [0.2, 0.25) is 0 Å². The maximum Gasteiger partial charge on any atom is 0.148 e. The van der Waals surface area contributed by atoms with Gasteiger partial charge in [0.05, 0.1) is 19.4 Å². The number of hydrogen-bond donors (Lipinski definition) is 0. The molecule has 0 unspecified atom stereocenters. The Hall–Kier alpha value is -12.8. The number of para-hydroxylation sites is 8. The Kier molecular flexibility index (Phi) is 20.6. The fourth-order valence-electron chi connectivity index (χ4n) is 11.6. The van der Waals surface area contributed by atoms with Gasteiger partial charge in [0.1, 0.15) is 11.6 Å². The van der Waals surface area contributed by atoms with Gasteiger partial charge in [-0.1, -0.05) is 297 Å². The summed E-state index contributed by atoms with van der Waals surface area (Å²) in [5.41, 5.74) is 18.4. The predicted molar refractivity (Wildman–Crippen MR) is 432 cm³/mol. The first-order valence-corrected chi connectivity index (χ1v) is 33.3. The lowest BCUT2D eigenvalue weighted by Crippen LogP contribution is -2.12. The molecule has 0 fully saturated rings. The molecule has 0 N–H and O–H groups in total. The Morgan fingerprint density at radius 3 is 0.863 bits per heavy atom. The molecule has 0 atom stereocenters. The van der Waals surface area contributed by atoms with Crippen LogP contribution in [-0.2, 0) is 0 Å². The van der Waals surface area contributed by atoms with Crippen molar-refractivity contribution in [1.29, 1.82) is 0 Å². The molecular weight excluding hydrogens is 1250 g/mol. The molecule has 0 aliphatic rings. The van der Waals surface area contributed by atoms with Crippen LogP contribution in [0.25, 0.3) is 55.6 Å². The van der Waals surface area contributed by atoms with Crippen LogP contribution in [-0.4, -0.2) is 35.2 Å². The number of rotatable bonds is 15. The molecule has 0 bridgehead atoms. The van der Waals surface area contributed by atoms with Crippen LogP contribution >= 0.6 is 0 Å².